The zero-order valence-electron chi connectivity index (χ0n) is 13.3. The summed E-state index contributed by atoms with van der Waals surface area (Å²) in [4.78, 5) is 0.697. The molecule has 1 aromatic heterocycles. The molecule has 2 fully saturated rings. The third-order valence-corrected chi connectivity index (χ3v) is 6.73. The number of nitrogens with zero attached hydrogens (tertiary/aromatic N) is 2. The van der Waals surface area contributed by atoms with E-state index in [1.165, 1.54) is 63.5 Å². The molecule has 21 heavy (non-hydrogen) atoms. The molecule has 0 bridgehead atoms. The third-order valence-electron chi connectivity index (χ3n) is 5.53. The first-order chi connectivity index (χ1) is 10.3. The first-order valence-corrected chi connectivity index (χ1v) is 9.86. The maximum absolute atomic E-state index is 4.89. The van der Waals surface area contributed by atoms with Gasteiger partial charge in [0.2, 0.25) is 0 Å². The Morgan fingerprint density at radius 2 is 2.05 bits per heavy atom. The lowest BCUT2D eigenvalue weighted by Crippen LogP contribution is -2.27. The lowest BCUT2D eigenvalue weighted by molar-refractivity contribution is 0.261. The summed E-state index contributed by atoms with van der Waals surface area (Å²) < 4.78 is 2.25. The minimum atomic E-state index is 0.678. The lowest BCUT2D eigenvalue weighted by atomic mass is 9.77. The molecule has 0 amide bonds. The smallest absolute Gasteiger partial charge is 0.0627 e. The fraction of sp³-hybridized carbons (Fsp3) is 0.833. The van der Waals surface area contributed by atoms with Crippen molar-refractivity contribution >= 4 is 15.9 Å². The number of alkyl halides is 1. The Morgan fingerprint density at radius 1 is 1.24 bits per heavy atom. The van der Waals surface area contributed by atoms with Gasteiger partial charge in [-0.15, -0.1) is 0 Å². The maximum atomic E-state index is 4.89. The lowest BCUT2D eigenvalue weighted by Gasteiger charge is -2.33. The summed E-state index contributed by atoms with van der Waals surface area (Å²) in [6.45, 7) is 2.32. The van der Waals surface area contributed by atoms with Crippen molar-refractivity contribution in [2.45, 2.75) is 82.0 Å². The van der Waals surface area contributed by atoms with Crippen LogP contribution in [0.1, 0.15) is 76.4 Å². The molecule has 3 unspecified atom stereocenters. The van der Waals surface area contributed by atoms with Crippen molar-refractivity contribution in [1.82, 2.24) is 9.78 Å². The molecule has 1 aromatic rings. The molecule has 1 heterocycles. The SMILES string of the molecule is CCCC1CCC(Br)C(Cc2ccn(C3CCCC3)n2)C1. The molecule has 3 rings (SSSR count). The van der Waals surface area contributed by atoms with Gasteiger partial charge in [0.25, 0.3) is 0 Å². The van der Waals surface area contributed by atoms with Gasteiger partial charge in [0.05, 0.1) is 11.7 Å². The zero-order chi connectivity index (χ0) is 14.7. The molecule has 3 heteroatoms. The highest BCUT2D eigenvalue weighted by Gasteiger charge is 2.29. The summed E-state index contributed by atoms with van der Waals surface area (Å²) in [6.07, 6.45) is 15.7. The summed E-state index contributed by atoms with van der Waals surface area (Å²) in [6, 6.07) is 2.94. The standard InChI is InChI=1S/C18H29BrN2/c1-2-5-14-8-9-18(19)15(12-14)13-16-10-11-21(20-16)17-6-3-4-7-17/h10-11,14-15,17-18H,2-9,12-13H2,1H3. The van der Waals surface area contributed by atoms with E-state index < -0.39 is 0 Å². The predicted octanol–water partition coefficient (Wildman–Crippen LogP) is 5.52. The molecule has 2 aliphatic rings. The van der Waals surface area contributed by atoms with Crippen LogP contribution in [0.2, 0.25) is 0 Å². The molecule has 0 N–H and O–H groups in total. The van der Waals surface area contributed by atoms with Crippen molar-refractivity contribution in [2.24, 2.45) is 11.8 Å². The Morgan fingerprint density at radius 3 is 2.81 bits per heavy atom. The van der Waals surface area contributed by atoms with E-state index in [4.69, 9.17) is 5.10 Å². The van der Waals surface area contributed by atoms with E-state index in [0.717, 1.165) is 18.3 Å². The van der Waals surface area contributed by atoms with Gasteiger partial charge in [0, 0.05) is 11.0 Å². The van der Waals surface area contributed by atoms with Crippen molar-refractivity contribution in [1.29, 1.82) is 0 Å². The van der Waals surface area contributed by atoms with Gasteiger partial charge in [-0.3, -0.25) is 4.68 Å². The van der Waals surface area contributed by atoms with Gasteiger partial charge in [0.15, 0.2) is 0 Å². The van der Waals surface area contributed by atoms with Crippen LogP contribution < -0.4 is 0 Å². The molecule has 2 nitrogen and oxygen atoms in total. The molecule has 2 saturated carbocycles. The Kier molecular flexibility index (Phi) is 5.42. The van der Waals surface area contributed by atoms with E-state index in [0.29, 0.717) is 10.9 Å². The molecule has 3 atom stereocenters. The van der Waals surface area contributed by atoms with Crippen molar-refractivity contribution < 1.29 is 0 Å². The van der Waals surface area contributed by atoms with Crippen LogP contribution in [-0.4, -0.2) is 14.6 Å². The summed E-state index contributed by atoms with van der Waals surface area (Å²) in [5.41, 5.74) is 1.31. The van der Waals surface area contributed by atoms with Gasteiger partial charge in [-0.2, -0.15) is 5.10 Å². The van der Waals surface area contributed by atoms with Gasteiger partial charge in [-0.1, -0.05) is 48.5 Å². The third kappa shape index (κ3) is 3.91. The molecule has 0 aromatic carbocycles. The van der Waals surface area contributed by atoms with Crippen molar-refractivity contribution in [3.8, 4) is 0 Å². The molecule has 0 radical (unpaired) electrons. The zero-order valence-corrected chi connectivity index (χ0v) is 14.9. The highest BCUT2D eigenvalue weighted by Crippen LogP contribution is 2.37. The van der Waals surface area contributed by atoms with Crippen LogP contribution in [0.5, 0.6) is 0 Å². The van der Waals surface area contributed by atoms with Crippen molar-refractivity contribution in [2.75, 3.05) is 0 Å². The quantitative estimate of drug-likeness (QED) is 0.637. The summed E-state index contributed by atoms with van der Waals surface area (Å²) in [5.74, 6) is 1.73. The number of rotatable bonds is 5. The average Bonchev–Trinajstić information content (AvgIpc) is 3.13. The number of hydrogen-bond donors (Lipinski definition) is 0. The van der Waals surface area contributed by atoms with Gasteiger partial charge >= 0.3 is 0 Å². The Bertz CT molecular complexity index is 436. The highest BCUT2D eigenvalue weighted by atomic mass is 79.9. The molecule has 0 aliphatic heterocycles. The first kappa shape index (κ1) is 15.6. The second kappa shape index (κ2) is 7.30. The number of halogens is 1. The van der Waals surface area contributed by atoms with E-state index in [-0.39, 0.29) is 0 Å². The van der Waals surface area contributed by atoms with E-state index >= 15 is 0 Å². The molecule has 0 spiro atoms. The van der Waals surface area contributed by atoms with Crippen LogP contribution in [0.25, 0.3) is 0 Å². The van der Waals surface area contributed by atoms with Crippen molar-refractivity contribution in [3.63, 3.8) is 0 Å². The van der Waals surface area contributed by atoms with Crippen LogP contribution in [0.3, 0.4) is 0 Å². The monoisotopic (exact) mass is 352 g/mol. The Balaban J connectivity index is 1.59. The second-order valence-corrected chi connectivity index (χ2v) is 8.35. The van der Waals surface area contributed by atoms with Crippen LogP contribution in [0.15, 0.2) is 12.3 Å². The van der Waals surface area contributed by atoms with Crippen LogP contribution in [0.4, 0.5) is 0 Å². The molecular formula is C18H29BrN2. The minimum Gasteiger partial charge on any atom is -0.269 e. The maximum Gasteiger partial charge on any atom is 0.0627 e. The normalized spacial score (nSPS) is 30.9. The van der Waals surface area contributed by atoms with Crippen LogP contribution >= 0.6 is 15.9 Å². The summed E-state index contributed by atoms with van der Waals surface area (Å²) >= 11 is 3.93. The van der Waals surface area contributed by atoms with Gasteiger partial charge in [-0.25, -0.2) is 0 Å². The van der Waals surface area contributed by atoms with Gasteiger partial charge in [-0.05, 0) is 56.4 Å². The predicted molar refractivity (Wildman–Crippen MR) is 91.9 cm³/mol. The summed E-state index contributed by atoms with van der Waals surface area (Å²) in [5, 5.41) is 4.89. The second-order valence-electron chi connectivity index (χ2n) is 7.17. The molecular weight excluding hydrogens is 324 g/mol. The highest BCUT2D eigenvalue weighted by molar-refractivity contribution is 9.09. The van der Waals surface area contributed by atoms with Gasteiger partial charge in [0.1, 0.15) is 0 Å². The Labute approximate surface area is 137 Å². The van der Waals surface area contributed by atoms with Crippen LogP contribution in [-0.2, 0) is 6.42 Å². The largest absolute Gasteiger partial charge is 0.269 e. The first-order valence-electron chi connectivity index (χ1n) is 8.94. The minimum absolute atomic E-state index is 0.678. The van der Waals surface area contributed by atoms with Crippen molar-refractivity contribution in [3.05, 3.63) is 18.0 Å². The fourth-order valence-corrected chi connectivity index (χ4v) is 5.00. The topological polar surface area (TPSA) is 17.8 Å². The van der Waals surface area contributed by atoms with E-state index in [1.807, 2.05) is 0 Å². The summed E-state index contributed by atoms with van der Waals surface area (Å²) in [7, 11) is 0. The van der Waals surface area contributed by atoms with E-state index in [1.54, 1.807) is 0 Å². The average molecular weight is 353 g/mol. The molecule has 2 aliphatic carbocycles. The molecule has 0 saturated heterocycles. The van der Waals surface area contributed by atoms with E-state index in [9.17, 15) is 0 Å². The van der Waals surface area contributed by atoms with Crippen LogP contribution in [0, 0.1) is 11.8 Å². The number of hydrogen-bond acceptors (Lipinski definition) is 1. The molecule has 118 valence electrons. The fourth-order valence-electron chi connectivity index (χ4n) is 4.33. The van der Waals surface area contributed by atoms with E-state index in [2.05, 4.69) is 39.8 Å². The van der Waals surface area contributed by atoms with Gasteiger partial charge < -0.3 is 0 Å². The Hall–Kier alpha value is -0.310. The number of aromatic nitrogens is 2.